The second kappa shape index (κ2) is 8.06. The highest BCUT2D eigenvalue weighted by molar-refractivity contribution is 9.10. The molecule has 0 aliphatic heterocycles. The molecule has 0 atom stereocenters. The van der Waals surface area contributed by atoms with Crippen LogP contribution >= 0.6 is 27.3 Å². The summed E-state index contributed by atoms with van der Waals surface area (Å²) < 4.78 is 1.03. The Balaban J connectivity index is 2.10. The Morgan fingerprint density at radius 2 is 2.04 bits per heavy atom. The van der Waals surface area contributed by atoms with Gasteiger partial charge in [0.15, 0.2) is 0 Å². The van der Waals surface area contributed by atoms with Gasteiger partial charge in [-0.1, -0.05) is 41.9 Å². The van der Waals surface area contributed by atoms with Crippen LogP contribution in [0.1, 0.15) is 33.4 Å². The van der Waals surface area contributed by atoms with Gasteiger partial charge >= 0.3 is 0 Å². The van der Waals surface area contributed by atoms with Crippen molar-refractivity contribution >= 4 is 33.2 Å². The van der Waals surface area contributed by atoms with E-state index in [-0.39, 0.29) is 11.9 Å². The first kappa shape index (κ1) is 18.1. The second-order valence-corrected chi connectivity index (χ2v) is 8.14. The van der Waals surface area contributed by atoms with E-state index in [0.29, 0.717) is 12.3 Å². The van der Waals surface area contributed by atoms with Crippen LogP contribution in [0.4, 0.5) is 0 Å². The van der Waals surface area contributed by atoms with E-state index in [9.17, 15) is 4.79 Å². The van der Waals surface area contributed by atoms with E-state index < -0.39 is 0 Å². The number of rotatable bonds is 6. The maximum atomic E-state index is 12.6. The smallest absolute Gasteiger partial charge is 0.228 e. The van der Waals surface area contributed by atoms with Crippen molar-refractivity contribution in [2.45, 2.75) is 40.2 Å². The van der Waals surface area contributed by atoms with Gasteiger partial charge in [-0.15, -0.1) is 11.3 Å². The van der Waals surface area contributed by atoms with E-state index in [0.717, 1.165) is 27.3 Å². The summed E-state index contributed by atoms with van der Waals surface area (Å²) in [6.45, 7) is 9.19. The number of halogens is 1. The third-order valence-corrected chi connectivity index (χ3v) is 4.89. The topological polar surface area (TPSA) is 33.2 Å². The highest BCUT2D eigenvalue weighted by Gasteiger charge is 2.19. The van der Waals surface area contributed by atoms with E-state index in [1.807, 2.05) is 34.5 Å². The summed E-state index contributed by atoms with van der Waals surface area (Å²) in [6, 6.07) is 8.29. The molecular formula is C18H23BrN2OS. The molecule has 0 radical (unpaired) electrons. The zero-order valence-corrected chi connectivity index (χ0v) is 16.4. The molecule has 5 heteroatoms. The van der Waals surface area contributed by atoms with Gasteiger partial charge in [0.25, 0.3) is 0 Å². The van der Waals surface area contributed by atoms with Crippen molar-refractivity contribution in [1.82, 2.24) is 9.88 Å². The Hall–Kier alpha value is -1.20. The summed E-state index contributed by atoms with van der Waals surface area (Å²) in [5.41, 5.74) is 1.93. The number of hydrogen-bond donors (Lipinski definition) is 0. The molecule has 3 nitrogen and oxygen atoms in total. The largest absolute Gasteiger partial charge is 0.340 e. The van der Waals surface area contributed by atoms with Crippen LogP contribution in [-0.2, 0) is 11.2 Å². The van der Waals surface area contributed by atoms with Gasteiger partial charge < -0.3 is 4.90 Å². The van der Waals surface area contributed by atoms with Gasteiger partial charge in [0.2, 0.25) is 5.91 Å². The lowest BCUT2D eigenvalue weighted by atomic mass is 10.1. The Morgan fingerprint density at radius 1 is 1.30 bits per heavy atom. The van der Waals surface area contributed by atoms with Gasteiger partial charge in [-0.2, -0.15) is 0 Å². The van der Waals surface area contributed by atoms with Gasteiger partial charge in [0.05, 0.1) is 12.1 Å². The molecule has 2 aromatic rings. The van der Waals surface area contributed by atoms with Crippen LogP contribution in [0.15, 0.2) is 34.1 Å². The van der Waals surface area contributed by atoms with E-state index in [1.54, 1.807) is 11.3 Å². The third-order valence-electron chi connectivity index (χ3n) is 3.46. The van der Waals surface area contributed by atoms with Crippen LogP contribution in [0.3, 0.4) is 0 Å². The molecule has 1 heterocycles. The van der Waals surface area contributed by atoms with Crippen molar-refractivity contribution in [3.05, 3.63) is 39.8 Å². The van der Waals surface area contributed by atoms with E-state index >= 15 is 0 Å². The average Bonchev–Trinajstić information content (AvgIpc) is 2.92. The lowest BCUT2D eigenvalue weighted by molar-refractivity contribution is -0.132. The molecule has 0 bridgehead atoms. The molecule has 1 amide bonds. The van der Waals surface area contributed by atoms with Crippen LogP contribution in [0, 0.1) is 5.92 Å². The molecule has 0 spiro atoms. The number of amides is 1. The normalized spacial score (nSPS) is 11.3. The standard InChI is InChI=1S/C18H23BrN2OS/c1-12(2)10-21(13(3)4)17(22)9-16-11-23-18(20-16)14-6-5-7-15(19)8-14/h5-8,11-13H,9-10H2,1-4H3. The number of carbonyl (C=O) groups excluding carboxylic acids is 1. The predicted molar refractivity (Wildman–Crippen MR) is 101 cm³/mol. The SMILES string of the molecule is CC(C)CN(C(=O)Cc1csc(-c2cccc(Br)c2)n1)C(C)C. The lowest BCUT2D eigenvalue weighted by Crippen LogP contribution is -2.40. The van der Waals surface area contributed by atoms with Crippen LogP contribution in [0.25, 0.3) is 10.6 Å². The number of nitrogens with zero attached hydrogens (tertiary/aromatic N) is 2. The highest BCUT2D eigenvalue weighted by Crippen LogP contribution is 2.26. The Morgan fingerprint density at radius 3 is 2.65 bits per heavy atom. The quantitative estimate of drug-likeness (QED) is 0.689. The molecule has 0 aliphatic carbocycles. The minimum atomic E-state index is 0.153. The van der Waals surface area contributed by atoms with Crippen LogP contribution in [-0.4, -0.2) is 28.4 Å². The predicted octanol–water partition coefficient (Wildman–Crippen LogP) is 5.01. The van der Waals surface area contributed by atoms with Gasteiger partial charge in [0.1, 0.15) is 5.01 Å². The number of carbonyl (C=O) groups is 1. The fourth-order valence-electron chi connectivity index (χ4n) is 2.39. The van der Waals surface area contributed by atoms with E-state index in [2.05, 4.69) is 48.6 Å². The summed E-state index contributed by atoms with van der Waals surface area (Å²) in [7, 11) is 0. The summed E-state index contributed by atoms with van der Waals surface area (Å²) in [5.74, 6) is 0.619. The fraction of sp³-hybridized carbons (Fsp3) is 0.444. The maximum absolute atomic E-state index is 12.6. The van der Waals surface area contributed by atoms with Crippen molar-refractivity contribution in [2.24, 2.45) is 5.92 Å². The van der Waals surface area contributed by atoms with Crippen molar-refractivity contribution in [3.8, 4) is 10.6 Å². The minimum Gasteiger partial charge on any atom is -0.340 e. The Bertz CT molecular complexity index is 667. The third kappa shape index (κ3) is 5.15. The molecule has 2 rings (SSSR count). The molecule has 0 N–H and O–H groups in total. The first-order valence-electron chi connectivity index (χ1n) is 7.86. The molecule has 23 heavy (non-hydrogen) atoms. The average molecular weight is 395 g/mol. The first-order valence-corrected chi connectivity index (χ1v) is 9.54. The first-order chi connectivity index (χ1) is 10.9. The number of hydrogen-bond acceptors (Lipinski definition) is 3. The van der Waals surface area contributed by atoms with E-state index in [1.165, 1.54) is 0 Å². The molecule has 0 aliphatic rings. The van der Waals surface area contributed by atoms with Gasteiger partial charge in [-0.3, -0.25) is 4.79 Å². The summed E-state index contributed by atoms with van der Waals surface area (Å²) in [6.07, 6.45) is 0.370. The van der Waals surface area contributed by atoms with Gasteiger partial charge in [0, 0.05) is 28.0 Å². The molecule has 0 unspecified atom stereocenters. The molecule has 0 fully saturated rings. The number of aromatic nitrogens is 1. The molecule has 0 saturated carbocycles. The zero-order valence-electron chi connectivity index (χ0n) is 14.0. The summed E-state index contributed by atoms with van der Waals surface area (Å²) in [4.78, 5) is 19.2. The van der Waals surface area contributed by atoms with E-state index in [4.69, 9.17) is 0 Å². The fourth-order valence-corrected chi connectivity index (χ4v) is 3.61. The van der Waals surface area contributed by atoms with Crippen LogP contribution < -0.4 is 0 Å². The molecule has 1 aromatic heterocycles. The molecular weight excluding hydrogens is 372 g/mol. The number of benzene rings is 1. The van der Waals surface area contributed by atoms with Crippen LogP contribution in [0.5, 0.6) is 0 Å². The Kier molecular flexibility index (Phi) is 6.36. The van der Waals surface area contributed by atoms with Crippen LogP contribution in [0.2, 0.25) is 0 Å². The van der Waals surface area contributed by atoms with Gasteiger partial charge in [-0.25, -0.2) is 4.98 Å². The zero-order chi connectivity index (χ0) is 17.0. The van der Waals surface area contributed by atoms with Crippen molar-refractivity contribution in [1.29, 1.82) is 0 Å². The second-order valence-electron chi connectivity index (χ2n) is 6.36. The van der Waals surface area contributed by atoms with Crippen molar-refractivity contribution < 1.29 is 4.79 Å². The monoisotopic (exact) mass is 394 g/mol. The molecule has 1 aromatic carbocycles. The summed E-state index contributed by atoms with van der Waals surface area (Å²) in [5, 5.41) is 2.94. The highest BCUT2D eigenvalue weighted by atomic mass is 79.9. The minimum absolute atomic E-state index is 0.153. The number of thiazole rings is 1. The maximum Gasteiger partial charge on any atom is 0.228 e. The Labute approximate surface area is 150 Å². The lowest BCUT2D eigenvalue weighted by Gasteiger charge is -2.28. The summed E-state index contributed by atoms with van der Waals surface area (Å²) >= 11 is 5.07. The molecule has 124 valence electrons. The van der Waals surface area contributed by atoms with Crippen molar-refractivity contribution in [3.63, 3.8) is 0 Å². The van der Waals surface area contributed by atoms with Crippen molar-refractivity contribution in [2.75, 3.05) is 6.54 Å². The van der Waals surface area contributed by atoms with Gasteiger partial charge in [-0.05, 0) is 31.9 Å². The molecule has 0 saturated heterocycles.